The van der Waals surface area contributed by atoms with Crippen LogP contribution in [0.25, 0.3) is 0 Å². The van der Waals surface area contributed by atoms with Gasteiger partial charge in [-0.05, 0) is 58.2 Å². The molecule has 90 valence electrons. The molecular weight excluding hydrogens is 303 g/mol. The molecule has 0 amide bonds. The maximum absolute atomic E-state index is 13.4. The fourth-order valence-corrected chi connectivity index (χ4v) is 3.27. The standard InChI is InChI=1S/C12H12BrFN2S/c1-7-4-8(6-9(14)5-7)12(16-15)10-2-3-11(13)17-10/h2-6,12,16H,15H2,1H3. The molecule has 2 rings (SSSR count). The van der Waals surface area contributed by atoms with Crippen LogP contribution in [0.5, 0.6) is 0 Å². The molecule has 1 aromatic heterocycles. The zero-order chi connectivity index (χ0) is 12.4. The van der Waals surface area contributed by atoms with E-state index in [9.17, 15) is 4.39 Å². The highest BCUT2D eigenvalue weighted by molar-refractivity contribution is 9.11. The molecule has 0 bridgehead atoms. The molecule has 17 heavy (non-hydrogen) atoms. The molecule has 0 aliphatic carbocycles. The SMILES string of the molecule is Cc1cc(F)cc(C(NN)c2ccc(Br)s2)c1. The van der Waals surface area contributed by atoms with Crippen LogP contribution < -0.4 is 11.3 Å². The van der Waals surface area contributed by atoms with Crippen LogP contribution in [0.15, 0.2) is 34.1 Å². The van der Waals surface area contributed by atoms with Gasteiger partial charge in [0.15, 0.2) is 0 Å². The second kappa shape index (κ2) is 5.27. The predicted octanol–water partition coefficient (Wildman–Crippen LogP) is 3.51. The Kier molecular flexibility index (Phi) is 3.93. The maximum atomic E-state index is 13.4. The fourth-order valence-electron chi connectivity index (χ4n) is 1.76. The largest absolute Gasteiger partial charge is 0.271 e. The average molecular weight is 315 g/mol. The summed E-state index contributed by atoms with van der Waals surface area (Å²) in [5.41, 5.74) is 4.44. The molecular formula is C12H12BrFN2S. The van der Waals surface area contributed by atoms with Gasteiger partial charge in [0, 0.05) is 4.88 Å². The number of aryl methyl sites for hydroxylation is 1. The first kappa shape index (κ1) is 12.7. The van der Waals surface area contributed by atoms with E-state index in [0.29, 0.717) is 0 Å². The zero-order valence-corrected chi connectivity index (χ0v) is 11.6. The number of nitrogens with two attached hydrogens (primary N) is 1. The molecule has 5 heteroatoms. The van der Waals surface area contributed by atoms with E-state index in [1.807, 2.05) is 25.1 Å². The summed E-state index contributed by atoms with van der Waals surface area (Å²) in [7, 11) is 0. The molecule has 2 aromatic rings. The van der Waals surface area contributed by atoms with Crippen molar-refractivity contribution in [3.05, 3.63) is 55.9 Å². The van der Waals surface area contributed by atoms with Crippen LogP contribution in [-0.4, -0.2) is 0 Å². The molecule has 2 nitrogen and oxygen atoms in total. The molecule has 0 aliphatic rings. The van der Waals surface area contributed by atoms with Gasteiger partial charge in [0.1, 0.15) is 5.82 Å². The van der Waals surface area contributed by atoms with E-state index in [1.165, 1.54) is 12.1 Å². The van der Waals surface area contributed by atoms with E-state index in [0.717, 1.165) is 19.8 Å². The molecule has 1 unspecified atom stereocenters. The number of thiophene rings is 1. The van der Waals surface area contributed by atoms with E-state index in [-0.39, 0.29) is 11.9 Å². The van der Waals surface area contributed by atoms with Crippen molar-refractivity contribution in [3.8, 4) is 0 Å². The molecule has 1 aromatic carbocycles. The first-order valence-electron chi connectivity index (χ1n) is 5.08. The Labute approximate surface area is 112 Å². The van der Waals surface area contributed by atoms with E-state index < -0.39 is 0 Å². The molecule has 3 N–H and O–H groups in total. The molecule has 0 fully saturated rings. The van der Waals surface area contributed by atoms with Crippen molar-refractivity contribution < 1.29 is 4.39 Å². The Hall–Kier alpha value is -0.750. The minimum Gasteiger partial charge on any atom is -0.271 e. The summed E-state index contributed by atoms with van der Waals surface area (Å²) in [5.74, 6) is 5.33. The Balaban J connectivity index is 2.41. The smallest absolute Gasteiger partial charge is 0.123 e. The van der Waals surface area contributed by atoms with Crippen molar-refractivity contribution in [2.24, 2.45) is 5.84 Å². The fraction of sp³-hybridized carbons (Fsp3) is 0.167. The zero-order valence-electron chi connectivity index (χ0n) is 9.21. The van der Waals surface area contributed by atoms with Gasteiger partial charge in [-0.25, -0.2) is 9.82 Å². The van der Waals surface area contributed by atoms with Crippen molar-refractivity contribution >= 4 is 27.3 Å². The summed E-state index contributed by atoms with van der Waals surface area (Å²) in [6, 6.07) is 8.68. The van der Waals surface area contributed by atoms with Crippen LogP contribution >= 0.6 is 27.3 Å². The number of hydrazine groups is 1. The molecule has 1 atom stereocenters. The Morgan fingerprint density at radius 2 is 2.12 bits per heavy atom. The number of hydrogen-bond donors (Lipinski definition) is 2. The van der Waals surface area contributed by atoms with Crippen LogP contribution in [0, 0.1) is 12.7 Å². The van der Waals surface area contributed by atoms with Crippen molar-refractivity contribution in [2.75, 3.05) is 0 Å². The predicted molar refractivity (Wildman–Crippen MR) is 72.3 cm³/mol. The summed E-state index contributed by atoms with van der Waals surface area (Å²) in [6.07, 6.45) is 0. The van der Waals surface area contributed by atoms with E-state index in [1.54, 1.807) is 11.3 Å². The Morgan fingerprint density at radius 3 is 2.65 bits per heavy atom. The van der Waals surface area contributed by atoms with Crippen molar-refractivity contribution in [1.82, 2.24) is 5.43 Å². The lowest BCUT2D eigenvalue weighted by Crippen LogP contribution is -2.28. The minimum atomic E-state index is -0.240. The summed E-state index contributed by atoms with van der Waals surface area (Å²) >= 11 is 4.99. The number of rotatable bonds is 3. The van der Waals surface area contributed by atoms with Gasteiger partial charge in [0.25, 0.3) is 0 Å². The van der Waals surface area contributed by atoms with Crippen LogP contribution in [0.2, 0.25) is 0 Å². The highest BCUT2D eigenvalue weighted by Gasteiger charge is 2.15. The third-order valence-corrected chi connectivity index (χ3v) is 4.13. The highest BCUT2D eigenvalue weighted by atomic mass is 79.9. The molecule has 0 saturated heterocycles. The number of benzene rings is 1. The lowest BCUT2D eigenvalue weighted by molar-refractivity contribution is 0.607. The topological polar surface area (TPSA) is 38.0 Å². The Morgan fingerprint density at radius 1 is 1.35 bits per heavy atom. The summed E-state index contributed by atoms with van der Waals surface area (Å²) in [6.45, 7) is 1.87. The van der Waals surface area contributed by atoms with Crippen LogP contribution in [0.3, 0.4) is 0 Å². The molecule has 1 heterocycles. The lowest BCUT2D eigenvalue weighted by Gasteiger charge is -2.15. The lowest BCUT2D eigenvalue weighted by atomic mass is 10.0. The number of hydrogen-bond acceptors (Lipinski definition) is 3. The molecule has 0 saturated carbocycles. The van der Waals surface area contributed by atoms with E-state index >= 15 is 0 Å². The first-order chi connectivity index (χ1) is 8.10. The van der Waals surface area contributed by atoms with Gasteiger partial charge in [-0.3, -0.25) is 5.84 Å². The Bertz CT molecular complexity index is 507. The molecule has 0 radical (unpaired) electrons. The van der Waals surface area contributed by atoms with E-state index in [4.69, 9.17) is 5.84 Å². The summed E-state index contributed by atoms with van der Waals surface area (Å²) in [4.78, 5) is 1.05. The second-order valence-electron chi connectivity index (χ2n) is 3.80. The number of nitrogens with one attached hydrogen (secondary N) is 1. The summed E-state index contributed by atoms with van der Waals surface area (Å²) < 4.78 is 14.4. The van der Waals surface area contributed by atoms with Crippen molar-refractivity contribution in [1.29, 1.82) is 0 Å². The van der Waals surface area contributed by atoms with Gasteiger partial charge < -0.3 is 0 Å². The normalized spacial score (nSPS) is 12.7. The minimum absolute atomic E-state index is 0.180. The third kappa shape index (κ3) is 2.93. The van der Waals surface area contributed by atoms with Gasteiger partial charge in [-0.1, -0.05) is 6.07 Å². The average Bonchev–Trinajstić information content (AvgIpc) is 2.64. The second-order valence-corrected chi connectivity index (χ2v) is 6.30. The van der Waals surface area contributed by atoms with Crippen molar-refractivity contribution in [2.45, 2.75) is 13.0 Å². The quantitative estimate of drug-likeness (QED) is 0.672. The summed E-state index contributed by atoms with van der Waals surface area (Å²) in [5, 5.41) is 0. The monoisotopic (exact) mass is 314 g/mol. The van der Waals surface area contributed by atoms with Gasteiger partial charge in [0.2, 0.25) is 0 Å². The van der Waals surface area contributed by atoms with Crippen LogP contribution in [0.4, 0.5) is 4.39 Å². The van der Waals surface area contributed by atoms with Crippen LogP contribution in [0.1, 0.15) is 22.0 Å². The first-order valence-corrected chi connectivity index (χ1v) is 6.69. The van der Waals surface area contributed by atoms with Gasteiger partial charge >= 0.3 is 0 Å². The van der Waals surface area contributed by atoms with Crippen molar-refractivity contribution in [3.63, 3.8) is 0 Å². The van der Waals surface area contributed by atoms with Gasteiger partial charge in [-0.15, -0.1) is 11.3 Å². The number of halogens is 2. The van der Waals surface area contributed by atoms with Gasteiger partial charge in [0.05, 0.1) is 9.83 Å². The van der Waals surface area contributed by atoms with E-state index in [2.05, 4.69) is 21.4 Å². The van der Waals surface area contributed by atoms with Crippen LogP contribution in [-0.2, 0) is 0 Å². The maximum Gasteiger partial charge on any atom is 0.123 e. The third-order valence-electron chi connectivity index (χ3n) is 2.44. The molecule has 0 aliphatic heterocycles. The highest BCUT2D eigenvalue weighted by Crippen LogP contribution is 2.31. The molecule has 0 spiro atoms. The van der Waals surface area contributed by atoms with Gasteiger partial charge in [-0.2, -0.15) is 0 Å².